The summed E-state index contributed by atoms with van der Waals surface area (Å²) in [5.74, 6) is 0.156. The third-order valence-corrected chi connectivity index (χ3v) is 4.72. The Labute approximate surface area is 223 Å². The Morgan fingerprint density at radius 3 is 2.00 bits per heavy atom. The monoisotopic (exact) mass is 517 g/mol. The van der Waals surface area contributed by atoms with Gasteiger partial charge in [-0.3, -0.25) is 24.5 Å². The van der Waals surface area contributed by atoms with E-state index >= 15 is 0 Å². The Hall–Kier alpha value is -3.06. The van der Waals surface area contributed by atoms with Gasteiger partial charge in [-0.15, -0.1) is 0 Å². The van der Waals surface area contributed by atoms with Gasteiger partial charge >= 0.3 is 0 Å². The normalized spacial score (nSPS) is 15.0. The molecule has 1 aromatic carbocycles. The summed E-state index contributed by atoms with van der Waals surface area (Å²) in [7, 11) is 3.45. The topological polar surface area (TPSA) is 100 Å². The fourth-order valence-corrected chi connectivity index (χ4v) is 3.04. The average Bonchev–Trinajstić information content (AvgIpc) is 2.85. The van der Waals surface area contributed by atoms with Gasteiger partial charge in [0.1, 0.15) is 11.7 Å². The average molecular weight is 518 g/mol. The lowest BCUT2D eigenvalue weighted by molar-refractivity contribution is -0.121. The third kappa shape index (κ3) is 11.1. The van der Waals surface area contributed by atoms with Gasteiger partial charge in [0.25, 0.3) is 5.91 Å². The molecule has 0 radical (unpaired) electrons. The Bertz CT molecular complexity index is 1020. The van der Waals surface area contributed by atoms with Crippen molar-refractivity contribution in [2.75, 3.05) is 20.6 Å². The molecule has 1 aromatic rings. The predicted molar refractivity (Wildman–Crippen MR) is 157 cm³/mol. The fraction of sp³-hybridized carbons (Fsp3) is 0.464. The molecule has 1 aliphatic heterocycles. The molecule has 0 atom stereocenters. The first-order chi connectivity index (χ1) is 17.0. The van der Waals surface area contributed by atoms with E-state index in [1.54, 1.807) is 43.3 Å². The number of likely N-dealkylation sites (N-methyl/N-ethyl adjacent to an activating group) is 1. The second kappa shape index (κ2) is 19.2. The van der Waals surface area contributed by atoms with Gasteiger partial charge in [0.05, 0.1) is 0 Å². The number of amides is 2. The van der Waals surface area contributed by atoms with Crippen molar-refractivity contribution in [3.05, 3.63) is 52.1 Å². The zero-order valence-corrected chi connectivity index (χ0v) is 24.6. The fourth-order valence-electron chi connectivity index (χ4n) is 2.75. The van der Waals surface area contributed by atoms with E-state index in [4.69, 9.17) is 17.3 Å². The highest BCUT2D eigenvalue weighted by molar-refractivity contribution is 6.37. The summed E-state index contributed by atoms with van der Waals surface area (Å²) >= 11 is 6.40. The highest BCUT2D eigenvalue weighted by atomic mass is 35.5. The lowest BCUT2D eigenvalue weighted by atomic mass is 9.95. The van der Waals surface area contributed by atoms with Crippen molar-refractivity contribution in [3.63, 3.8) is 0 Å². The van der Waals surface area contributed by atoms with Crippen LogP contribution in [-0.4, -0.2) is 54.7 Å². The summed E-state index contributed by atoms with van der Waals surface area (Å²) in [5.41, 5.74) is 9.36. The van der Waals surface area contributed by atoms with Crippen LogP contribution in [0.15, 0.2) is 50.9 Å². The molecule has 0 saturated heterocycles. The molecule has 0 aromatic heterocycles. The number of hydrogen-bond donors (Lipinski definition) is 1. The summed E-state index contributed by atoms with van der Waals surface area (Å²) in [5, 5.41) is 0.354. The molecule has 200 valence electrons. The Kier molecular flexibility index (Phi) is 18.7. The second-order valence-corrected chi connectivity index (χ2v) is 7.89. The van der Waals surface area contributed by atoms with Crippen molar-refractivity contribution in [1.82, 2.24) is 4.90 Å². The van der Waals surface area contributed by atoms with E-state index in [1.165, 1.54) is 13.3 Å². The van der Waals surface area contributed by atoms with E-state index < -0.39 is 5.91 Å². The van der Waals surface area contributed by atoms with Gasteiger partial charge < -0.3 is 5.73 Å². The van der Waals surface area contributed by atoms with Crippen LogP contribution in [0.5, 0.6) is 0 Å². The van der Waals surface area contributed by atoms with Gasteiger partial charge in [-0.1, -0.05) is 63.9 Å². The van der Waals surface area contributed by atoms with Gasteiger partial charge in [0, 0.05) is 60.6 Å². The van der Waals surface area contributed by atoms with E-state index in [9.17, 15) is 9.59 Å². The third-order valence-electron chi connectivity index (χ3n) is 4.41. The SMILES string of the molecule is C/C=C1/C=C(c2ccc(C(N)=NC(C)=O)cc2Cl)C(=O)N(CC)C1=NC.CC.CCC.CN=C(C)C. The van der Waals surface area contributed by atoms with Gasteiger partial charge in [-0.25, -0.2) is 0 Å². The van der Waals surface area contributed by atoms with E-state index in [2.05, 4.69) is 28.8 Å². The van der Waals surface area contributed by atoms with Crippen molar-refractivity contribution in [2.45, 2.75) is 68.7 Å². The molecule has 8 heteroatoms. The van der Waals surface area contributed by atoms with Gasteiger partial charge in [0.15, 0.2) is 0 Å². The lowest BCUT2D eigenvalue weighted by Crippen LogP contribution is -2.41. The van der Waals surface area contributed by atoms with Gasteiger partial charge in [-0.2, -0.15) is 4.99 Å². The van der Waals surface area contributed by atoms with Crippen LogP contribution in [0.4, 0.5) is 0 Å². The molecule has 0 bridgehead atoms. The number of carbonyl (C=O) groups excluding carboxylic acids is 2. The molecule has 0 fully saturated rings. The number of halogens is 1. The molecule has 7 nitrogen and oxygen atoms in total. The minimum Gasteiger partial charge on any atom is -0.383 e. The second-order valence-electron chi connectivity index (χ2n) is 7.49. The van der Waals surface area contributed by atoms with Crippen molar-refractivity contribution in [1.29, 1.82) is 0 Å². The van der Waals surface area contributed by atoms with Crippen LogP contribution >= 0.6 is 11.6 Å². The molecule has 0 aliphatic carbocycles. The number of rotatable bonds is 3. The van der Waals surface area contributed by atoms with Gasteiger partial charge in [-0.05, 0) is 39.8 Å². The summed E-state index contributed by atoms with van der Waals surface area (Å²) in [4.78, 5) is 37.3. The Balaban J connectivity index is 0. The first-order valence-electron chi connectivity index (χ1n) is 12.2. The first-order valence-corrected chi connectivity index (χ1v) is 12.6. The number of hydrogen-bond acceptors (Lipinski definition) is 4. The van der Waals surface area contributed by atoms with E-state index in [0.29, 0.717) is 34.1 Å². The van der Waals surface area contributed by atoms with Crippen LogP contribution in [0.1, 0.15) is 79.9 Å². The summed E-state index contributed by atoms with van der Waals surface area (Å²) in [6, 6.07) is 4.99. The predicted octanol–water partition coefficient (Wildman–Crippen LogP) is 6.35. The van der Waals surface area contributed by atoms with Crippen molar-refractivity contribution >= 4 is 46.4 Å². The number of benzene rings is 1. The van der Waals surface area contributed by atoms with Gasteiger partial charge in [0.2, 0.25) is 5.91 Å². The maximum atomic E-state index is 12.9. The maximum absolute atomic E-state index is 12.9. The highest BCUT2D eigenvalue weighted by Gasteiger charge is 2.30. The first kappa shape index (κ1) is 35.1. The molecule has 1 heterocycles. The minimum atomic E-state index is -0.393. The van der Waals surface area contributed by atoms with Crippen LogP contribution in [0.25, 0.3) is 5.57 Å². The van der Waals surface area contributed by atoms with Crippen molar-refractivity contribution in [2.24, 2.45) is 20.7 Å². The van der Waals surface area contributed by atoms with Crippen LogP contribution in [0, 0.1) is 0 Å². The molecule has 36 heavy (non-hydrogen) atoms. The van der Waals surface area contributed by atoms with E-state index in [1.807, 2.05) is 47.6 Å². The molecule has 0 spiro atoms. The summed E-state index contributed by atoms with van der Waals surface area (Å²) < 4.78 is 0. The molecule has 2 N–H and O–H groups in total. The van der Waals surface area contributed by atoms with Crippen LogP contribution in [0.2, 0.25) is 5.02 Å². The number of carbonyl (C=O) groups is 2. The van der Waals surface area contributed by atoms with E-state index in [0.717, 1.165) is 11.3 Å². The van der Waals surface area contributed by atoms with Crippen LogP contribution in [0.3, 0.4) is 0 Å². The van der Waals surface area contributed by atoms with Crippen molar-refractivity contribution < 1.29 is 9.59 Å². The maximum Gasteiger partial charge on any atom is 0.260 e. The number of allylic oxidation sites excluding steroid dienone is 1. The van der Waals surface area contributed by atoms with Crippen LogP contribution < -0.4 is 5.73 Å². The Morgan fingerprint density at radius 2 is 1.64 bits per heavy atom. The molecule has 0 unspecified atom stereocenters. The number of nitrogens with two attached hydrogens (primary N) is 1. The quantitative estimate of drug-likeness (QED) is 0.373. The zero-order chi connectivity index (χ0) is 28.4. The Morgan fingerprint density at radius 1 is 1.11 bits per heavy atom. The number of amidine groups is 2. The highest BCUT2D eigenvalue weighted by Crippen LogP contribution is 2.31. The van der Waals surface area contributed by atoms with Crippen LogP contribution in [-0.2, 0) is 9.59 Å². The molecule has 1 aliphatic rings. The minimum absolute atomic E-state index is 0.0830. The molecule has 0 saturated carbocycles. The smallest absolute Gasteiger partial charge is 0.260 e. The van der Waals surface area contributed by atoms with Crippen molar-refractivity contribution in [3.8, 4) is 0 Å². The molecular formula is C28H44ClN5O2. The molecule has 2 rings (SSSR count). The summed E-state index contributed by atoms with van der Waals surface area (Å²) in [6.45, 7) is 17.8. The van der Waals surface area contributed by atoms with E-state index in [-0.39, 0.29) is 11.7 Å². The number of nitrogens with zero attached hydrogens (tertiary/aromatic N) is 4. The number of aliphatic imine (C=N–C) groups is 3. The summed E-state index contributed by atoms with van der Waals surface area (Å²) in [6.07, 6.45) is 4.93. The lowest BCUT2D eigenvalue weighted by Gasteiger charge is -2.29. The standard InChI is InChI=1S/C19H21ClN4O2.C4H9N.C3H8.C2H6/c1-5-12-9-15(19(26)24(6-2)18(12)22-4)14-8-7-13(10-16(14)20)17(21)23-11(3)25;1-4(2)5-3;1-3-2;1-2/h5,7-10H,6H2,1-4H3,(H2,21,23,25);1-3H3;3H2,1-2H3;1-2H3/b12-5-,22-18?;;;. The largest absolute Gasteiger partial charge is 0.383 e. The zero-order valence-electron chi connectivity index (χ0n) is 23.9. The molecular weight excluding hydrogens is 474 g/mol. The molecule has 2 amide bonds.